The van der Waals surface area contributed by atoms with E-state index in [4.69, 9.17) is 0 Å². The number of aromatic nitrogens is 2. The highest BCUT2D eigenvalue weighted by Crippen LogP contribution is 2.20. The minimum absolute atomic E-state index is 0.0159. The topological polar surface area (TPSA) is 83.5 Å². The molecule has 1 atom stereocenters. The van der Waals surface area contributed by atoms with Crippen molar-refractivity contribution in [3.05, 3.63) is 36.2 Å². The maximum atomic E-state index is 12.8. The van der Waals surface area contributed by atoms with Crippen molar-refractivity contribution in [2.75, 3.05) is 25.6 Å². The van der Waals surface area contributed by atoms with Crippen LogP contribution in [0.1, 0.15) is 16.9 Å². The molecular formula is C15H18N4O3S. The van der Waals surface area contributed by atoms with Gasteiger partial charge >= 0.3 is 0 Å². The summed E-state index contributed by atoms with van der Waals surface area (Å²) in [5.41, 5.74) is 1.56. The fourth-order valence-electron chi connectivity index (χ4n) is 2.82. The molecule has 0 bridgehead atoms. The largest absolute Gasteiger partial charge is 0.288 e. The average molecular weight is 334 g/mol. The molecule has 1 saturated heterocycles. The van der Waals surface area contributed by atoms with E-state index in [2.05, 4.69) is 9.97 Å². The molecule has 3 rings (SSSR count). The Labute approximate surface area is 134 Å². The molecule has 2 aromatic rings. The Morgan fingerprint density at radius 3 is 2.52 bits per heavy atom. The van der Waals surface area contributed by atoms with Gasteiger partial charge in [-0.3, -0.25) is 14.8 Å². The summed E-state index contributed by atoms with van der Waals surface area (Å²) in [5, 5.41) is 3.08. The van der Waals surface area contributed by atoms with Crippen molar-refractivity contribution in [1.82, 2.24) is 20.0 Å². The lowest BCUT2D eigenvalue weighted by molar-refractivity contribution is 0.000467. The van der Waals surface area contributed by atoms with Gasteiger partial charge in [-0.1, -0.05) is 12.1 Å². The lowest BCUT2D eigenvalue weighted by Crippen LogP contribution is -2.49. The third-order valence-corrected chi connectivity index (χ3v) is 5.61. The Kier molecular flexibility index (Phi) is 4.03. The molecule has 0 spiro atoms. The van der Waals surface area contributed by atoms with Crippen molar-refractivity contribution in [3.63, 3.8) is 0 Å². The van der Waals surface area contributed by atoms with Crippen LogP contribution in [0.15, 0.2) is 30.5 Å². The fraction of sp³-hybridized carbons (Fsp3) is 0.400. The van der Waals surface area contributed by atoms with Gasteiger partial charge in [-0.25, -0.2) is 18.4 Å². The lowest BCUT2D eigenvalue weighted by atomic mass is 10.2. The summed E-state index contributed by atoms with van der Waals surface area (Å²) in [4.78, 5) is 21.4. The molecule has 8 heteroatoms. The van der Waals surface area contributed by atoms with E-state index in [0.717, 1.165) is 0 Å². The first-order valence-electron chi connectivity index (χ1n) is 7.30. The van der Waals surface area contributed by atoms with E-state index in [1.807, 2.05) is 18.2 Å². The molecule has 122 valence electrons. The normalized spacial score (nSPS) is 20.0. The molecule has 1 aliphatic heterocycles. The number of carbonyl (C=O) groups excluding carboxylic acids is 1. The predicted molar refractivity (Wildman–Crippen MR) is 86.5 cm³/mol. The van der Waals surface area contributed by atoms with Gasteiger partial charge in [0.1, 0.15) is 5.69 Å². The summed E-state index contributed by atoms with van der Waals surface area (Å²) in [6.45, 7) is 0. The number of amides is 1. The average Bonchev–Trinajstić information content (AvgIpc) is 2.86. The molecule has 0 radical (unpaired) electrons. The van der Waals surface area contributed by atoms with E-state index in [1.54, 1.807) is 25.2 Å². The number of fused-ring (bicyclic) bond motifs is 1. The molecule has 23 heavy (non-hydrogen) atoms. The number of rotatable bonds is 3. The number of sulfone groups is 1. The van der Waals surface area contributed by atoms with Gasteiger partial charge < -0.3 is 0 Å². The highest BCUT2D eigenvalue weighted by Gasteiger charge is 2.36. The Balaban J connectivity index is 1.94. The van der Waals surface area contributed by atoms with Gasteiger partial charge in [0, 0.05) is 14.1 Å². The van der Waals surface area contributed by atoms with Crippen LogP contribution in [0.3, 0.4) is 0 Å². The zero-order valence-corrected chi connectivity index (χ0v) is 13.8. The van der Waals surface area contributed by atoms with Crippen molar-refractivity contribution in [2.45, 2.75) is 12.5 Å². The Bertz CT molecular complexity index is 851. The van der Waals surface area contributed by atoms with Crippen molar-refractivity contribution in [1.29, 1.82) is 0 Å². The summed E-state index contributed by atoms with van der Waals surface area (Å²) in [6.07, 6.45) is 1.87. The molecule has 2 heterocycles. The second kappa shape index (κ2) is 5.86. The van der Waals surface area contributed by atoms with Crippen molar-refractivity contribution in [2.24, 2.45) is 0 Å². The van der Waals surface area contributed by atoms with E-state index in [1.165, 1.54) is 11.2 Å². The number of hydrazine groups is 1. The molecular weight excluding hydrogens is 316 g/mol. The first-order chi connectivity index (χ1) is 10.9. The van der Waals surface area contributed by atoms with E-state index >= 15 is 0 Å². The van der Waals surface area contributed by atoms with Gasteiger partial charge in [0.2, 0.25) is 0 Å². The monoisotopic (exact) mass is 334 g/mol. The minimum Gasteiger partial charge on any atom is -0.266 e. The maximum Gasteiger partial charge on any atom is 0.288 e. The SMILES string of the molecule is CN(C)N(C(=O)c1cnc2ccccc2n1)C1CCS(=O)(=O)C1. The Hall–Kier alpha value is -2.06. The summed E-state index contributed by atoms with van der Waals surface area (Å²) in [6, 6.07) is 6.94. The predicted octanol–water partition coefficient (Wildman–Crippen LogP) is 0.736. The van der Waals surface area contributed by atoms with Crippen molar-refractivity contribution >= 4 is 26.8 Å². The van der Waals surface area contributed by atoms with Gasteiger partial charge in [0.15, 0.2) is 9.84 Å². The highest BCUT2D eigenvalue weighted by molar-refractivity contribution is 7.91. The van der Waals surface area contributed by atoms with E-state index in [-0.39, 0.29) is 29.1 Å². The van der Waals surface area contributed by atoms with Gasteiger partial charge in [-0.05, 0) is 18.6 Å². The standard InChI is InChI=1S/C15H18N4O3S/c1-18(2)19(11-7-8-23(21,22)10-11)15(20)14-9-16-12-5-3-4-6-13(12)17-14/h3-6,9,11H,7-8,10H2,1-2H3. The smallest absolute Gasteiger partial charge is 0.266 e. The highest BCUT2D eigenvalue weighted by atomic mass is 32.2. The summed E-state index contributed by atoms with van der Waals surface area (Å²) in [7, 11) is 0.358. The van der Waals surface area contributed by atoms with Crippen LogP contribution in [-0.4, -0.2) is 66.0 Å². The quantitative estimate of drug-likeness (QED) is 0.770. The van der Waals surface area contributed by atoms with Crippen molar-refractivity contribution < 1.29 is 13.2 Å². The molecule has 1 aromatic heterocycles. The summed E-state index contributed by atoms with van der Waals surface area (Å²) >= 11 is 0. The molecule has 1 amide bonds. The molecule has 1 aromatic carbocycles. The second-order valence-electron chi connectivity index (χ2n) is 5.80. The molecule has 1 aliphatic rings. The van der Waals surface area contributed by atoms with Crippen LogP contribution in [0.2, 0.25) is 0 Å². The second-order valence-corrected chi connectivity index (χ2v) is 8.03. The van der Waals surface area contributed by atoms with Crippen LogP contribution in [0.25, 0.3) is 11.0 Å². The molecule has 7 nitrogen and oxygen atoms in total. The van der Waals surface area contributed by atoms with Crippen LogP contribution in [0, 0.1) is 0 Å². The van der Waals surface area contributed by atoms with Crippen LogP contribution < -0.4 is 0 Å². The van der Waals surface area contributed by atoms with Crippen LogP contribution in [-0.2, 0) is 9.84 Å². The number of carbonyl (C=O) groups is 1. The first kappa shape index (κ1) is 15.8. The zero-order chi connectivity index (χ0) is 16.6. The summed E-state index contributed by atoms with van der Waals surface area (Å²) < 4.78 is 23.4. The minimum atomic E-state index is -3.08. The van der Waals surface area contributed by atoms with Gasteiger partial charge in [0.25, 0.3) is 5.91 Å². The molecule has 1 fully saturated rings. The van der Waals surface area contributed by atoms with E-state index < -0.39 is 9.84 Å². The van der Waals surface area contributed by atoms with Gasteiger partial charge in [-0.15, -0.1) is 0 Å². The van der Waals surface area contributed by atoms with Gasteiger partial charge in [0.05, 0.1) is 34.8 Å². The maximum absolute atomic E-state index is 12.8. The molecule has 0 aliphatic carbocycles. The Morgan fingerprint density at radius 1 is 1.22 bits per heavy atom. The number of nitrogens with zero attached hydrogens (tertiary/aromatic N) is 4. The third-order valence-electron chi connectivity index (χ3n) is 3.86. The number of benzene rings is 1. The van der Waals surface area contributed by atoms with Crippen LogP contribution >= 0.6 is 0 Å². The van der Waals surface area contributed by atoms with Gasteiger partial charge in [-0.2, -0.15) is 0 Å². The number of hydrogen-bond donors (Lipinski definition) is 0. The van der Waals surface area contributed by atoms with Crippen LogP contribution in [0.5, 0.6) is 0 Å². The number of hydrogen-bond acceptors (Lipinski definition) is 6. The van der Waals surface area contributed by atoms with Crippen molar-refractivity contribution in [3.8, 4) is 0 Å². The Morgan fingerprint density at radius 2 is 1.91 bits per heavy atom. The molecule has 1 unspecified atom stereocenters. The summed E-state index contributed by atoms with van der Waals surface area (Å²) in [5.74, 6) is -0.244. The van der Waals surface area contributed by atoms with Crippen LogP contribution in [0.4, 0.5) is 0 Å². The lowest BCUT2D eigenvalue weighted by Gasteiger charge is -2.33. The number of para-hydroxylation sites is 2. The van der Waals surface area contributed by atoms with E-state index in [9.17, 15) is 13.2 Å². The third kappa shape index (κ3) is 3.18. The molecule has 0 N–H and O–H groups in total. The zero-order valence-electron chi connectivity index (χ0n) is 13.0. The first-order valence-corrected chi connectivity index (χ1v) is 9.12. The fourth-order valence-corrected chi connectivity index (χ4v) is 4.51. The van der Waals surface area contributed by atoms with E-state index in [0.29, 0.717) is 17.5 Å². The molecule has 0 saturated carbocycles.